The van der Waals surface area contributed by atoms with Crippen LogP contribution in [0.25, 0.3) is 0 Å². The van der Waals surface area contributed by atoms with E-state index in [0.29, 0.717) is 13.1 Å². The number of hydrogen-bond donors (Lipinski definition) is 0. The zero-order valence-corrected chi connectivity index (χ0v) is 13.0. The third-order valence-corrected chi connectivity index (χ3v) is 3.79. The molecule has 2 rings (SSSR count). The Morgan fingerprint density at radius 1 is 1.23 bits per heavy atom. The highest BCUT2D eigenvalue weighted by Gasteiger charge is 2.22. The van der Waals surface area contributed by atoms with Crippen molar-refractivity contribution in [2.45, 2.75) is 25.7 Å². The summed E-state index contributed by atoms with van der Waals surface area (Å²) in [5.74, 6) is -0.109. The molecule has 0 bridgehead atoms. The van der Waals surface area contributed by atoms with Crippen molar-refractivity contribution in [3.8, 4) is 0 Å². The Kier molecular flexibility index (Phi) is 6.24. The molecule has 0 N–H and O–H groups in total. The molecule has 2 heterocycles. The molecule has 2 amide bonds. The van der Waals surface area contributed by atoms with Gasteiger partial charge in [0, 0.05) is 19.6 Å². The van der Waals surface area contributed by atoms with E-state index in [0.717, 1.165) is 44.3 Å². The highest BCUT2D eigenvalue weighted by atomic mass is 16.6. The summed E-state index contributed by atoms with van der Waals surface area (Å²) in [4.78, 5) is 32.0. The van der Waals surface area contributed by atoms with Crippen molar-refractivity contribution in [3.63, 3.8) is 0 Å². The second-order valence-corrected chi connectivity index (χ2v) is 5.40. The van der Waals surface area contributed by atoms with Gasteiger partial charge >= 0.3 is 6.09 Å². The van der Waals surface area contributed by atoms with E-state index in [1.54, 1.807) is 16.0 Å². The molecule has 0 aromatic heterocycles. The lowest BCUT2D eigenvalue weighted by Gasteiger charge is -2.28. The van der Waals surface area contributed by atoms with Gasteiger partial charge in [-0.1, -0.05) is 11.2 Å². The van der Waals surface area contributed by atoms with Gasteiger partial charge in [-0.05, 0) is 31.3 Å². The Labute approximate surface area is 130 Å². The molecule has 0 spiro atoms. The van der Waals surface area contributed by atoms with Crippen LogP contribution in [0.3, 0.4) is 0 Å². The molecular formula is C15H23N3O4. The molecule has 122 valence electrons. The van der Waals surface area contributed by atoms with E-state index in [4.69, 9.17) is 4.74 Å². The third-order valence-electron chi connectivity index (χ3n) is 3.79. The van der Waals surface area contributed by atoms with Crippen molar-refractivity contribution in [2.24, 2.45) is 5.16 Å². The highest BCUT2D eigenvalue weighted by molar-refractivity contribution is 5.82. The van der Waals surface area contributed by atoms with Gasteiger partial charge in [0.1, 0.15) is 7.11 Å². The van der Waals surface area contributed by atoms with E-state index in [1.165, 1.54) is 7.11 Å². The first-order valence-corrected chi connectivity index (χ1v) is 7.65. The minimum absolute atomic E-state index is 0.109. The number of likely N-dealkylation sites (tertiary alicyclic amines) is 1. The van der Waals surface area contributed by atoms with Crippen molar-refractivity contribution in [3.05, 3.63) is 11.6 Å². The van der Waals surface area contributed by atoms with Gasteiger partial charge in [0.25, 0.3) is 5.91 Å². The Morgan fingerprint density at radius 2 is 2.00 bits per heavy atom. The standard InChI is InChI=1S/C15H23N3O4/c1-21-16-10-13-6-5-9-18(11-13)15(20)22-12-14(19)17-7-3-2-4-8-17/h6,10H,2-5,7-9,11-12H2,1H3/b16-10+. The van der Waals surface area contributed by atoms with Gasteiger partial charge < -0.3 is 19.4 Å². The van der Waals surface area contributed by atoms with E-state index >= 15 is 0 Å². The number of rotatable bonds is 4. The van der Waals surface area contributed by atoms with E-state index in [2.05, 4.69) is 9.99 Å². The number of carbonyl (C=O) groups excluding carboxylic acids is 2. The summed E-state index contributed by atoms with van der Waals surface area (Å²) in [5, 5.41) is 3.69. The summed E-state index contributed by atoms with van der Waals surface area (Å²) in [6, 6.07) is 0. The first-order valence-electron chi connectivity index (χ1n) is 7.65. The topological polar surface area (TPSA) is 71.4 Å². The van der Waals surface area contributed by atoms with E-state index < -0.39 is 6.09 Å². The van der Waals surface area contributed by atoms with Crippen LogP contribution in [0.2, 0.25) is 0 Å². The molecule has 22 heavy (non-hydrogen) atoms. The molecule has 0 saturated carbocycles. The number of carbonyl (C=O) groups is 2. The molecule has 0 atom stereocenters. The van der Waals surface area contributed by atoms with Crippen LogP contribution in [-0.2, 0) is 14.4 Å². The normalized spacial score (nSPS) is 19.0. The summed E-state index contributed by atoms with van der Waals surface area (Å²) in [7, 11) is 1.47. The van der Waals surface area contributed by atoms with Gasteiger partial charge in [-0.3, -0.25) is 4.79 Å². The van der Waals surface area contributed by atoms with Crippen LogP contribution in [0.5, 0.6) is 0 Å². The Morgan fingerprint density at radius 3 is 2.73 bits per heavy atom. The zero-order chi connectivity index (χ0) is 15.8. The molecule has 0 aromatic rings. The number of oxime groups is 1. The molecule has 0 unspecified atom stereocenters. The summed E-state index contributed by atoms with van der Waals surface area (Å²) in [5.41, 5.74) is 0.896. The first kappa shape index (κ1) is 16.3. The molecule has 7 nitrogen and oxygen atoms in total. The molecule has 0 aromatic carbocycles. The third kappa shape index (κ3) is 4.75. The number of amides is 2. The Balaban J connectivity index is 1.76. The molecule has 7 heteroatoms. The molecule has 0 aliphatic carbocycles. The minimum Gasteiger partial charge on any atom is -0.439 e. The average molecular weight is 309 g/mol. The fourth-order valence-electron chi connectivity index (χ4n) is 2.59. The van der Waals surface area contributed by atoms with Crippen LogP contribution >= 0.6 is 0 Å². The Bertz CT molecular complexity index is 456. The first-order chi connectivity index (χ1) is 10.7. The van der Waals surface area contributed by atoms with Crippen LogP contribution in [0.1, 0.15) is 25.7 Å². The van der Waals surface area contributed by atoms with Crippen molar-refractivity contribution < 1.29 is 19.2 Å². The number of hydrogen-bond acceptors (Lipinski definition) is 5. The summed E-state index contributed by atoms with van der Waals surface area (Å²) < 4.78 is 5.14. The van der Waals surface area contributed by atoms with Crippen LogP contribution in [0.4, 0.5) is 4.79 Å². The lowest BCUT2D eigenvalue weighted by Crippen LogP contribution is -2.41. The quantitative estimate of drug-likeness (QED) is 0.581. The monoisotopic (exact) mass is 309 g/mol. The fourth-order valence-corrected chi connectivity index (χ4v) is 2.59. The predicted molar refractivity (Wildman–Crippen MR) is 81.6 cm³/mol. The second-order valence-electron chi connectivity index (χ2n) is 5.40. The molecule has 2 aliphatic rings. The molecular weight excluding hydrogens is 286 g/mol. The van der Waals surface area contributed by atoms with Crippen molar-refractivity contribution in [1.29, 1.82) is 0 Å². The van der Waals surface area contributed by atoms with Gasteiger partial charge in [-0.2, -0.15) is 0 Å². The second kappa shape index (κ2) is 8.41. The van der Waals surface area contributed by atoms with Crippen LogP contribution in [-0.4, -0.2) is 67.9 Å². The largest absolute Gasteiger partial charge is 0.439 e. The lowest BCUT2D eigenvalue weighted by molar-refractivity contribution is -0.135. The van der Waals surface area contributed by atoms with Gasteiger partial charge in [0.05, 0.1) is 12.8 Å². The fraction of sp³-hybridized carbons (Fsp3) is 0.667. The van der Waals surface area contributed by atoms with Gasteiger partial charge in [0.15, 0.2) is 6.61 Å². The maximum absolute atomic E-state index is 12.0. The van der Waals surface area contributed by atoms with Gasteiger partial charge in [0.2, 0.25) is 0 Å². The zero-order valence-electron chi connectivity index (χ0n) is 13.0. The van der Waals surface area contributed by atoms with Crippen molar-refractivity contribution in [2.75, 3.05) is 39.9 Å². The van der Waals surface area contributed by atoms with Crippen LogP contribution in [0, 0.1) is 0 Å². The summed E-state index contributed by atoms with van der Waals surface area (Å²) >= 11 is 0. The van der Waals surface area contributed by atoms with E-state index in [1.807, 2.05) is 6.08 Å². The average Bonchev–Trinajstić information content (AvgIpc) is 2.58. The number of piperidine rings is 1. The Hall–Kier alpha value is -2.05. The number of ether oxygens (including phenoxy) is 1. The predicted octanol–water partition coefficient (Wildman–Crippen LogP) is 1.40. The summed E-state index contributed by atoms with van der Waals surface area (Å²) in [6.45, 7) is 2.35. The van der Waals surface area contributed by atoms with E-state index in [9.17, 15) is 9.59 Å². The maximum atomic E-state index is 12.0. The maximum Gasteiger partial charge on any atom is 0.410 e. The minimum atomic E-state index is -0.457. The van der Waals surface area contributed by atoms with Crippen LogP contribution < -0.4 is 0 Å². The van der Waals surface area contributed by atoms with Gasteiger partial charge in [-0.25, -0.2) is 4.79 Å². The van der Waals surface area contributed by atoms with Crippen LogP contribution in [0.15, 0.2) is 16.8 Å². The number of nitrogens with zero attached hydrogens (tertiary/aromatic N) is 3. The SMILES string of the molecule is CO/N=C/C1=CCCN(C(=O)OCC(=O)N2CCCCC2)C1. The van der Waals surface area contributed by atoms with Crippen molar-refractivity contribution >= 4 is 18.2 Å². The molecule has 1 fully saturated rings. The van der Waals surface area contributed by atoms with E-state index in [-0.39, 0.29) is 12.5 Å². The highest BCUT2D eigenvalue weighted by Crippen LogP contribution is 2.11. The summed E-state index contributed by atoms with van der Waals surface area (Å²) in [6.07, 6.45) is 7.08. The van der Waals surface area contributed by atoms with Gasteiger partial charge in [-0.15, -0.1) is 0 Å². The smallest absolute Gasteiger partial charge is 0.410 e. The van der Waals surface area contributed by atoms with Crippen molar-refractivity contribution in [1.82, 2.24) is 9.80 Å². The molecule has 2 aliphatic heterocycles. The molecule has 0 radical (unpaired) electrons. The lowest BCUT2D eigenvalue weighted by atomic mass is 10.1. The molecule has 1 saturated heterocycles.